The second-order valence-corrected chi connectivity index (χ2v) is 9.83. The molecule has 3 aromatic carbocycles. The van der Waals surface area contributed by atoms with Gasteiger partial charge in [0.25, 0.3) is 0 Å². The Kier molecular flexibility index (Phi) is 9.30. The molecule has 38 heavy (non-hydrogen) atoms. The molecule has 0 spiro atoms. The van der Waals surface area contributed by atoms with Gasteiger partial charge in [-0.05, 0) is 35.1 Å². The topological polar surface area (TPSA) is 78.5 Å². The summed E-state index contributed by atoms with van der Waals surface area (Å²) in [5, 5.41) is 6.14. The fourth-order valence-corrected chi connectivity index (χ4v) is 5.09. The van der Waals surface area contributed by atoms with Crippen molar-refractivity contribution in [3.05, 3.63) is 96.1 Å². The Morgan fingerprint density at radius 3 is 2.05 bits per heavy atom. The number of rotatable bonds is 10. The molecule has 0 radical (unpaired) electrons. The standard InChI is InChI=1S/C32H37N3O3/c1-3-5-20-33-32(38)30-27(21-24-16-18-26(19-17-24)25-14-10-7-11-15-25)34-31(37)28(35(30)29(36)4-2)22-23-12-8-6-9-13-23/h6-19,27-28,30H,3-5,20-22H2,1-2H3,(H,33,38)(H,34,37). The first kappa shape index (κ1) is 27.1. The van der Waals surface area contributed by atoms with Crippen molar-refractivity contribution in [1.82, 2.24) is 15.5 Å². The zero-order valence-electron chi connectivity index (χ0n) is 22.2. The summed E-state index contributed by atoms with van der Waals surface area (Å²) in [6, 6.07) is 25.9. The van der Waals surface area contributed by atoms with Crippen LogP contribution in [0.2, 0.25) is 0 Å². The molecule has 1 aliphatic heterocycles. The maximum atomic E-state index is 13.6. The van der Waals surface area contributed by atoms with Crippen LogP contribution in [0.5, 0.6) is 0 Å². The van der Waals surface area contributed by atoms with Crippen molar-refractivity contribution >= 4 is 17.7 Å². The Balaban J connectivity index is 1.63. The largest absolute Gasteiger partial charge is 0.354 e. The number of benzene rings is 3. The highest BCUT2D eigenvalue weighted by molar-refractivity contribution is 5.96. The quantitative estimate of drug-likeness (QED) is 0.393. The Hall–Kier alpha value is -3.93. The van der Waals surface area contributed by atoms with Crippen LogP contribution in [-0.2, 0) is 27.2 Å². The van der Waals surface area contributed by atoms with Gasteiger partial charge in [0, 0.05) is 19.4 Å². The van der Waals surface area contributed by atoms with E-state index in [0.717, 1.165) is 35.1 Å². The van der Waals surface area contributed by atoms with Gasteiger partial charge in [-0.2, -0.15) is 0 Å². The number of nitrogens with one attached hydrogen (secondary N) is 2. The fourth-order valence-electron chi connectivity index (χ4n) is 5.09. The van der Waals surface area contributed by atoms with E-state index in [1.54, 1.807) is 11.8 Å². The number of unbranched alkanes of at least 4 members (excludes halogenated alkanes) is 1. The van der Waals surface area contributed by atoms with Gasteiger partial charge in [0.15, 0.2) is 0 Å². The molecular formula is C32H37N3O3. The smallest absolute Gasteiger partial charge is 0.244 e. The van der Waals surface area contributed by atoms with Crippen LogP contribution >= 0.6 is 0 Å². The molecule has 0 saturated carbocycles. The van der Waals surface area contributed by atoms with Crippen molar-refractivity contribution in [2.24, 2.45) is 0 Å². The van der Waals surface area contributed by atoms with Crippen LogP contribution in [0.25, 0.3) is 11.1 Å². The number of nitrogens with zero attached hydrogens (tertiary/aromatic N) is 1. The van der Waals surface area contributed by atoms with Gasteiger partial charge in [0.2, 0.25) is 17.7 Å². The van der Waals surface area contributed by atoms with Crippen LogP contribution < -0.4 is 10.6 Å². The van der Waals surface area contributed by atoms with Crippen molar-refractivity contribution < 1.29 is 14.4 Å². The molecule has 1 fully saturated rings. The Morgan fingerprint density at radius 2 is 1.42 bits per heavy atom. The number of piperazine rings is 1. The van der Waals surface area contributed by atoms with Crippen molar-refractivity contribution in [3.63, 3.8) is 0 Å². The number of hydrogen-bond donors (Lipinski definition) is 2. The maximum absolute atomic E-state index is 13.6. The third-order valence-electron chi connectivity index (χ3n) is 7.12. The van der Waals surface area contributed by atoms with E-state index < -0.39 is 18.1 Å². The van der Waals surface area contributed by atoms with E-state index in [2.05, 4.69) is 41.8 Å². The van der Waals surface area contributed by atoms with E-state index in [4.69, 9.17) is 0 Å². The highest BCUT2D eigenvalue weighted by Crippen LogP contribution is 2.25. The summed E-state index contributed by atoms with van der Waals surface area (Å²) < 4.78 is 0. The highest BCUT2D eigenvalue weighted by Gasteiger charge is 2.47. The fraction of sp³-hybridized carbons (Fsp3) is 0.344. The van der Waals surface area contributed by atoms with Gasteiger partial charge >= 0.3 is 0 Å². The molecule has 3 aromatic rings. The lowest BCUT2D eigenvalue weighted by Crippen LogP contribution is -2.71. The lowest BCUT2D eigenvalue weighted by molar-refractivity contribution is -0.154. The monoisotopic (exact) mass is 511 g/mol. The lowest BCUT2D eigenvalue weighted by Gasteiger charge is -2.45. The molecule has 6 nitrogen and oxygen atoms in total. The first-order chi connectivity index (χ1) is 18.5. The molecule has 6 heteroatoms. The van der Waals surface area contributed by atoms with Crippen LogP contribution in [0.1, 0.15) is 44.2 Å². The number of hydrogen-bond acceptors (Lipinski definition) is 3. The molecule has 0 aliphatic carbocycles. The predicted octanol–water partition coefficient (Wildman–Crippen LogP) is 4.53. The molecule has 1 heterocycles. The van der Waals surface area contributed by atoms with Crippen molar-refractivity contribution in [2.45, 2.75) is 64.1 Å². The second kappa shape index (κ2) is 13.0. The minimum atomic E-state index is -0.792. The number of carbonyl (C=O) groups excluding carboxylic acids is 3. The average molecular weight is 512 g/mol. The summed E-state index contributed by atoms with van der Waals surface area (Å²) in [6.07, 6.45) is 2.82. The van der Waals surface area contributed by atoms with Gasteiger partial charge in [-0.15, -0.1) is 0 Å². The number of amides is 3. The summed E-state index contributed by atoms with van der Waals surface area (Å²) in [6.45, 7) is 4.38. The predicted molar refractivity (Wildman–Crippen MR) is 150 cm³/mol. The molecular weight excluding hydrogens is 474 g/mol. The molecule has 3 unspecified atom stereocenters. The number of carbonyl (C=O) groups is 3. The van der Waals surface area contributed by atoms with Gasteiger partial charge in [-0.25, -0.2) is 0 Å². The second-order valence-electron chi connectivity index (χ2n) is 9.83. The lowest BCUT2D eigenvalue weighted by atomic mass is 9.89. The first-order valence-electron chi connectivity index (χ1n) is 13.6. The van der Waals surface area contributed by atoms with E-state index in [9.17, 15) is 14.4 Å². The molecule has 0 bridgehead atoms. The minimum absolute atomic E-state index is 0.194. The third kappa shape index (κ3) is 6.49. The Morgan fingerprint density at radius 1 is 0.816 bits per heavy atom. The first-order valence-corrected chi connectivity index (χ1v) is 13.6. The van der Waals surface area contributed by atoms with Crippen molar-refractivity contribution in [1.29, 1.82) is 0 Å². The van der Waals surface area contributed by atoms with Crippen LogP contribution in [0.4, 0.5) is 0 Å². The van der Waals surface area contributed by atoms with Gasteiger partial charge in [-0.1, -0.05) is 105 Å². The summed E-state index contributed by atoms with van der Waals surface area (Å²) in [7, 11) is 0. The average Bonchev–Trinajstić information content (AvgIpc) is 2.95. The van der Waals surface area contributed by atoms with E-state index in [1.165, 1.54) is 0 Å². The Bertz CT molecular complexity index is 1210. The van der Waals surface area contributed by atoms with Crippen molar-refractivity contribution in [2.75, 3.05) is 6.54 Å². The van der Waals surface area contributed by atoms with E-state index >= 15 is 0 Å². The maximum Gasteiger partial charge on any atom is 0.244 e. The van der Waals surface area contributed by atoms with Gasteiger partial charge in [-0.3, -0.25) is 14.4 Å². The molecule has 198 valence electrons. The molecule has 3 atom stereocenters. The molecule has 3 amide bonds. The Labute approximate surface area is 225 Å². The van der Waals surface area contributed by atoms with E-state index in [-0.39, 0.29) is 24.1 Å². The summed E-state index contributed by atoms with van der Waals surface area (Å²) in [4.78, 5) is 41.9. The van der Waals surface area contributed by atoms with Crippen LogP contribution in [-0.4, -0.2) is 47.3 Å². The molecule has 2 N–H and O–H groups in total. The minimum Gasteiger partial charge on any atom is -0.354 e. The van der Waals surface area contributed by atoms with Gasteiger partial charge in [0.05, 0.1) is 6.04 Å². The van der Waals surface area contributed by atoms with E-state index in [1.807, 2.05) is 60.7 Å². The van der Waals surface area contributed by atoms with Crippen LogP contribution in [0, 0.1) is 0 Å². The summed E-state index contributed by atoms with van der Waals surface area (Å²) >= 11 is 0. The van der Waals surface area contributed by atoms with Crippen molar-refractivity contribution in [3.8, 4) is 11.1 Å². The summed E-state index contributed by atoms with van der Waals surface area (Å²) in [5.41, 5.74) is 4.16. The van der Waals surface area contributed by atoms with Gasteiger partial charge < -0.3 is 15.5 Å². The molecule has 1 saturated heterocycles. The van der Waals surface area contributed by atoms with Crippen LogP contribution in [0.15, 0.2) is 84.9 Å². The van der Waals surface area contributed by atoms with Gasteiger partial charge in [0.1, 0.15) is 12.1 Å². The highest BCUT2D eigenvalue weighted by atomic mass is 16.2. The van der Waals surface area contributed by atoms with Crippen LogP contribution in [0.3, 0.4) is 0 Å². The zero-order valence-corrected chi connectivity index (χ0v) is 22.2. The SMILES string of the molecule is CCCCNC(=O)C1C(Cc2ccc(-c3ccccc3)cc2)NC(=O)C(Cc2ccccc2)N1C(=O)CC. The molecule has 1 aliphatic rings. The molecule has 4 rings (SSSR count). The molecule has 0 aromatic heterocycles. The normalized spacial score (nSPS) is 19.1. The summed E-state index contributed by atoms with van der Waals surface area (Å²) in [5.74, 6) is -0.635. The third-order valence-corrected chi connectivity index (χ3v) is 7.12. The zero-order chi connectivity index (χ0) is 26.9. The van der Waals surface area contributed by atoms with E-state index in [0.29, 0.717) is 19.4 Å².